The van der Waals surface area contributed by atoms with E-state index in [0.29, 0.717) is 13.2 Å². The minimum absolute atomic E-state index is 0.0526. The standard InChI is InChI=1S/C15H22O4/c1-13(2)9-18-11(16)14-3-4-15(7-5-14,8-6-14)12(17)19-10-13/h3-10H2,1-2H3. The van der Waals surface area contributed by atoms with Crippen LogP contribution in [0.2, 0.25) is 0 Å². The molecule has 0 N–H and O–H groups in total. The highest BCUT2D eigenvalue weighted by Crippen LogP contribution is 2.58. The van der Waals surface area contributed by atoms with Gasteiger partial charge in [0.05, 0.1) is 24.0 Å². The van der Waals surface area contributed by atoms with Crippen LogP contribution in [0.15, 0.2) is 0 Å². The largest absolute Gasteiger partial charge is 0.465 e. The van der Waals surface area contributed by atoms with E-state index in [1.54, 1.807) is 0 Å². The highest BCUT2D eigenvalue weighted by Gasteiger charge is 2.57. The van der Waals surface area contributed by atoms with E-state index in [1.165, 1.54) is 0 Å². The predicted octanol–water partition coefficient (Wildman–Crippen LogP) is 2.45. The lowest BCUT2D eigenvalue weighted by Gasteiger charge is -2.49. The van der Waals surface area contributed by atoms with Crippen LogP contribution in [-0.2, 0) is 19.1 Å². The summed E-state index contributed by atoms with van der Waals surface area (Å²) < 4.78 is 11.1. The molecule has 6 aliphatic rings. The first-order chi connectivity index (χ1) is 8.88. The van der Waals surface area contributed by atoms with E-state index in [4.69, 9.17) is 9.47 Å². The van der Waals surface area contributed by atoms with Crippen LogP contribution in [-0.4, -0.2) is 25.2 Å². The first kappa shape index (κ1) is 12.9. The van der Waals surface area contributed by atoms with Crippen molar-refractivity contribution < 1.29 is 19.1 Å². The molecule has 0 radical (unpaired) electrons. The van der Waals surface area contributed by atoms with E-state index in [1.807, 2.05) is 13.8 Å². The molecule has 4 nitrogen and oxygen atoms in total. The van der Waals surface area contributed by atoms with Gasteiger partial charge in [-0.05, 0) is 38.5 Å². The molecule has 2 bridgehead atoms. The third-order valence-electron chi connectivity index (χ3n) is 5.30. The van der Waals surface area contributed by atoms with E-state index < -0.39 is 0 Å². The van der Waals surface area contributed by atoms with Crippen LogP contribution in [0.1, 0.15) is 52.4 Å². The highest BCUT2D eigenvalue weighted by molar-refractivity contribution is 5.82. The molecule has 106 valence electrons. The Hall–Kier alpha value is -1.06. The van der Waals surface area contributed by atoms with Crippen molar-refractivity contribution in [3.63, 3.8) is 0 Å². The Morgan fingerprint density at radius 1 is 0.737 bits per heavy atom. The molecule has 4 heteroatoms. The fourth-order valence-corrected chi connectivity index (χ4v) is 3.67. The van der Waals surface area contributed by atoms with Gasteiger partial charge in [0, 0.05) is 5.41 Å². The monoisotopic (exact) mass is 266 g/mol. The van der Waals surface area contributed by atoms with Crippen molar-refractivity contribution in [2.45, 2.75) is 52.4 Å². The van der Waals surface area contributed by atoms with Crippen molar-refractivity contribution in [3.05, 3.63) is 0 Å². The van der Waals surface area contributed by atoms with E-state index in [2.05, 4.69) is 0 Å². The molecule has 3 saturated heterocycles. The lowest BCUT2D eigenvalue weighted by atomic mass is 9.53. The van der Waals surface area contributed by atoms with Gasteiger partial charge in [0.2, 0.25) is 0 Å². The van der Waals surface area contributed by atoms with Crippen LogP contribution in [0, 0.1) is 16.2 Å². The molecule has 19 heavy (non-hydrogen) atoms. The molecule has 3 aliphatic carbocycles. The average Bonchev–Trinajstić information content (AvgIpc) is 2.46. The average molecular weight is 266 g/mol. The molecule has 0 spiro atoms. The topological polar surface area (TPSA) is 52.6 Å². The Morgan fingerprint density at radius 2 is 1.05 bits per heavy atom. The van der Waals surface area contributed by atoms with Crippen LogP contribution in [0.4, 0.5) is 0 Å². The Morgan fingerprint density at radius 3 is 1.37 bits per heavy atom. The molecule has 0 aromatic carbocycles. The molecule has 6 fully saturated rings. The molecule has 6 rings (SSSR count). The molecule has 3 heterocycles. The fraction of sp³-hybridized carbons (Fsp3) is 0.867. The molecule has 0 aromatic rings. The van der Waals surface area contributed by atoms with Crippen LogP contribution in [0.25, 0.3) is 0 Å². The smallest absolute Gasteiger partial charge is 0.312 e. The quantitative estimate of drug-likeness (QED) is 0.632. The molecule has 0 atom stereocenters. The molecule has 0 amide bonds. The number of carbonyl (C=O) groups is 2. The summed E-state index contributed by atoms with van der Waals surface area (Å²) in [5, 5.41) is 0. The maximum atomic E-state index is 12.4. The lowest BCUT2D eigenvalue weighted by Crippen LogP contribution is -2.49. The number of hydrogen-bond acceptors (Lipinski definition) is 4. The summed E-state index contributed by atoms with van der Waals surface area (Å²) in [5.41, 5.74) is -0.938. The third kappa shape index (κ3) is 1.96. The molecular formula is C15H22O4. The summed E-state index contributed by atoms with van der Waals surface area (Å²) in [6, 6.07) is 0. The van der Waals surface area contributed by atoms with Crippen molar-refractivity contribution in [2.24, 2.45) is 16.2 Å². The van der Waals surface area contributed by atoms with Crippen LogP contribution >= 0.6 is 0 Å². The van der Waals surface area contributed by atoms with Gasteiger partial charge in [0.15, 0.2) is 0 Å². The summed E-state index contributed by atoms with van der Waals surface area (Å²) in [6.45, 7) is 4.58. The van der Waals surface area contributed by atoms with E-state index in [-0.39, 0.29) is 28.2 Å². The molecule has 3 saturated carbocycles. The summed E-state index contributed by atoms with van der Waals surface area (Å²) in [7, 11) is 0. The Kier molecular flexibility index (Phi) is 2.70. The maximum Gasteiger partial charge on any atom is 0.312 e. The Balaban J connectivity index is 1.93. The van der Waals surface area contributed by atoms with Crippen molar-refractivity contribution >= 4 is 11.9 Å². The van der Waals surface area contributed by atoms with Gasteiger partial charge in [0.1, 0.15) is 0 Å². The zero-order chi connectivity index (χ0) is 13.7. The van der Waals surface area contributed by atoms with Gasteiger partial charge in [-0.1, -0.05) is 13.8 Å². The number of rotatable bonds is 0. The van der Waals surface area contributed by atoms with Crippen LogP contribution in [0.3, 0.4) is 0 Å². The second kappa shape index (κ2) is 3.97. The van der Waals surface area contributed by atoms with Crippen molar-refractivity contribution in [3.8, 4) is 0 Å². The molecule has 3 aliphatic heterocycles. The minimum Gasteiger partial charge on any atom is -0.465 e. The third-order valence-corrected chi connectivity index (χ3v) is 5.30. The van der Waals surface area contributed by atoms with Gasteiger partial charge in [-0.25, -0.2) is 0 Å². The molecular weight excluding hydrogens is 244 g/mol. The summed E-state index contributed by atoms with van der Waals surface area (Å²) in [5.74, 6) is -0.105. The van der Waals surface area contributed by atoms with Gasteiger partial charge in [-0.15, -0.1) is 0 Å². The Bertz CT molecular complexity index is 361. The van der Waals surface area contributed by atoms with Crippen molar-refractivity contribution in [1.29, 1.82) is 0 Å². The minimum atomic E-state index is -0.317. The lowest BCUT2D eigenvalue weighted by molar-refractivity contribution is -0.174. The zero-order valence-corrected chi connectivity index (χ0v) is 11.8. The fourth-order valence-electron chi connectivity index (χ4n) is 3.67. The van der Waals surface area contributed by atoms with Gasteiger partial charge < -0.3 is 9.47 Å². The molecule has 0 aromatic heterocycles. The van der Waals surface area contributed by atoms with Gasteiger partial charge in [0.25, 0.3) is 0 Å². The van der Waals surface area contributed by atoms with E-state index in [9.17, 15) is 9.59 Å². The highest BCUT2D eigenvalue weighted by atomic mass is 16.6. The van der Waals surface area contributed by atoms with Gasteiger partial charge in [-0.2, -0.15) is 0 Å². The number of hydrogen-bond donors (Lipinski definition) is 0. The summed E-state index contributed by atoms with van der Waals surface area (Å²) >= 11 is 0. The predicted molar refractivity (Wildman–Crippen MR) is 68.3 cm³/mol. The number of carbonyl (C=O) groups excluding carboxylic acids is 2. The van der Waals surface area contributed by atoms with E-state index >= 15 is 0 Å². The summed E-state index contributed by atoms with van der Waals surface area (Å²) in [4.78, 5) is 24.8. The Labute approximate surface area is 113 Å². The second-order valence-electron chi connectivity index (χ2n) is 7.38. The number of esters is 2. The van der Waals surface area contributed by atoms with Gasteiger partial charge in [-0.3, -0.25) is 9.59 Å². The van der Waals surface area contributed by atoms with E-state index in [0.717, 1.165) is 38.5 Å². The van der Waals surface area contributed by atoms with Crippen molar-refractivity contribution in [2.75, 3.05) is 13.2 Å². The maximum absolute atomic E-state index is 12.4. The molecule has 0 unspecified atom stereocenters. The summed E-state index contributed by atoms with van der Waals surface area (Å²) in [6.07, 6.45) is 4.67. The normalized spacial score (nSPS) is 41.4. The van der Waals surface area contributed by atoms with Gasteiger partial charge >= 0.3 is 11.9 Å². The zero-order valence-electron chi connectivity index (χ0n) is 11.8. The first-order valence-electron chi connectivity index (χ1n) is 7.22. The van der Waals surface area contributed by atoms with Crippen LogP contribution < -0.4 is 0 Å². The SMILES string of the molecule is CC1(C)COC(=O)C23CCC(CC2)(CC3)C(=O)OC1. The first-order valence-corrected chi connectivity index (χ1v) is 7.22. The number of ether oxygens (including phenoxy) is 2. The van der Waals surface area contributed by atoms with Crippen molar-refractivity contribution in [1.82, 2.24) is 0 Å². The second-order valence-corrected chi connectivity index (χ2v) is 7.38. The van der Waals surface area contributed by atoms with Crippen LogP contribution in [0.5, 0.6) is 0 Å².